The van der Waals surface area contributed by atoms with Gasteiger partial charge in [0.2, 0.25) is 0 Å². The van der Waals surface area contributed by atoms with Gasteiger partial charge in [0.1, 0.15) is 4.21 Å². The lowest BCUT2D eigenvalue weighted by Gasteiger charge is -2.22. The van der Waals surface area contributed by atoms with Crippen LogP contribution in [0.15, 0.2) is 21.7 Å². The summed E-state index contributed by atoms with van der Waals surface area (Å²) in [5.41, 5.74) is 0. The molecule has 0 amide bonds. The molecule has 1 saturated heterocycles. The lowest BCUT2D eigenvalue weighted by molar-refractivity contribution is 0.0595. The molecule has 0 unspecified atom stereocenters. The Morgan fingerprint density at radius 3 is 2.91 bits per heavy atom. The number of nitrogens with zero attached hydrogens (tertiary/aromatic N) is 5. The van der Waals surface area contributed by atoms with E-state index in [9.17, 15) is 8.42 Å². The molecule has 2 aromatic rings. The summed E-state index contributed by atoms with van der Waals surface area (Å²) in [6.07, 6.45) is 1.95. The lowest BCUT2D eigenvalue weighted by Crippen LogP contribution is -2.28. The predicted molar refractivity (Wildman–Crippen MR) is 84.3 cm³/mol. The van der Waals surface area contributed by atoms with Gasteiger partial charge in [0.15, 0.2) is 5.82 Å². The van der Waals surface area contributed by atoms with Gasteiger partial charge in [0, 0.05) is 26.8 Å². The molecule has 10 heteroatoms. The fourth-order valence-electron chi connectivity index (χ4n) is 2.50. The summed E-state index contributed by atoms with van der Waals surface area (Å²) < 4.78 is 33.6. The summed E-state index contributed by atoms with van der Waals surface area (Å²) in [6, 6.07) is 3.32. The van der Waals surface area contributed by atoms with E-state index in [0.717, 1.165) is 26.1 Å². The molecular weight excluding hydrogens is 338 g/mol. The van der Waals surface area contributed by atoms with Crippen LogP contribution in [0.1, 0.15) is 18.7 Å². The van der Waals surface area contributed by atoms with Crippen LogP contribution >= 0.6 is 11.3 Å². The van der Waals surface area contributed by atoms with Crippen molar-refractivity contribution < 1.29 is 13.2 Å². The number of aromatic nitrogens is 4. The van der Waals surface area contributed by atoms with Crippen molar-refractivity contribution in [1.82, 2.24) is 24.5 Å². The first-order valence-corrected chi connectivity index (χ1v) is 9.72. The second-order valence-electron chi connectivity index (χ2n) is 5.53. The first kappa shape index (κ1) is 16.5. The number of thiophene rings is 1. The molecule has 1 aliphatic heterocycles. The van der Waals surface area contributed by atoms with Gasteiger partial charge >= 0.3 is 0 Å². The minimum atomic E-state index is -3.50. The third-order valence-electron chi connectivity index (χ3n) is 3.90. The topological polar surface area (TPSA) is 90.2 Å². The third-order valence-corrected chi connectivity index (χ3v) is 7.08. The molecule has 23 heavy (non-hydrogen) atoms. The third kappa shape index (κ3) is 3.77. The van der Waals surface area contributed by atoms with Crippen LogP contribution in [0, 0.1) is 5.92 Å². The number of sulfonamides is 1. The highest BCUT2D eigenvalue weighted by Gasteiger charge is 2.25. The Bertz CT molecular complexity index is 723. The Kier molecular flexibility index (Phi) is 5.05. The summed E-state index contributed by atoms with van der Waals surface area (Å²) in [7, 11) is -1.95. The van der Waals surface area contributed by atoms with Crippen molar-refractivity contribution in [1.29, 1.82) is 0 Å². The first-order chi connectivity index (χ1) is 11.1. The molecular formula is C13H19N5O3S2. The van der Waals surface area contributed by atoms with E-state index in [1.807, 2.05) is 0 Å². The van der Waals surface area contributed by atoms with Crippen LogP contribution in [0.5, 0.6) is 0 Å². The van der Waals surface area contributed by atoms with Crippen LogP contribution in [-0.2, 0) is 27.8 Å². The Morgan fingerprint density at radius 1 is 1.43 bits per heavy atom. The predicted octanol–water partition coefficient (Wildman–Crippen LogP) is 0.982. The zero-order valence-electron chi connectivity index (χ0n) is 12.8. The zero-order valence-corrected chi connectivity index (χ0v) is 14.5. The van der Waals surface area contributed by atoms with E-state index in [1.165, 1.54) is 15.6 Å². The van der Waals surface area contributed by atoms with E-state index >= 15 is 0 Å². The molecule has 3 heterocycles. The normalized spacial score (nSPS) is 17.0. The van der Waals surface area contributed by atoms with Crippen molar-refractivity contribution in [2.45, 2.75) is 30.1 Å². The van der Waals surface area contributed by atoms with Crippen LogP contribution in [-0.4, -0.2) is 53.2 Å². The first-order valence-electron chi connectivity index (χ1n) is 7.40. The highest BCUT2D eigenvalue weighted by Crippen LogP contribution is 2.21. The molecule has 1 fully saturated rings. The molecule has 8 nitrogen and oxygen atoms in total. The summed E-state index contributed by atoms with van der Waals surface area (Å²) in [4.78, 5) is 0. The maximum absolute atomic E-state index is 12.5. The largest absolute Gasteiger partial charge is 0.381 e. The number of tetrazole rings is 1. The Hall–Kier alpha value is -1.36. The SMILES string of the molecule is CN(Cc1nnnn1CC1CCOCC1)S(=O)(=O)c1cccs1. The summed E-state index contributed by atoms with van der Waals surface area (Å²) >= 11 is 1.20. The van der Waals surface area contributed by atoms with Gasteiger partial charge in [0.25, 0.3) is 10.0 Å². The Labute approximate surface area is 139 Å². The van der Waals surface area contributed by atoms with E-state index < -0.39 is 10.0 Å². The smallest absolute Gasteiger partial charge is 0.252 e. The van der Waals surface area contributed by atoms with Gasteiger partial charge in [-0.05, 0) is 40.6 Å². The Balaban J connectivity index is 1.69. The van der Waals surface area contributed by atoms with Gasteiger partial charge in [0.05, 0.1) is 6.54 Å². The molecule has 126 valence electrons. The van der Waals surface area contributed by atoms with Gasteiger partial charge in [-0.15, -0.1) is 16.4 Å². The van der Waals surface area contributed by atoms with Crippen LogP contribution < -0.4 is 0 Å². The van der Waals surface area contributed by atoms with Gasteiger partial charge in [-0.3, -0.25) is 0 Å². The quantitative estimate of drug-likeness (QED) is 0.765. The van der Waals surface area contributed by atoms with Crippen molar-refractivity contribution in [3.05, 3.63) is 23.3 Å². The minimum Gasteiger partial charge on any atom is -0.381 e. The van der Waals surface area contributed by atoms with Crippen LogP contribution in [0.4, 0.5) is 0 Å². The molecule has 0 saturated carbocycles. The van der Waals surface area contributed by atoms with Crippen LogP contribution in [0.2, 0.25) is 0 Å². The minimum absolute atomic E-state index is 0.149. The molecule has 0 radical (unpaired) electrons. The molecule has 2 aromatic heterocycles. The number of hydrogen-bond acceptors (Lipinski definition) is 7. The molecule has 0 aliphatic carbocycles. The fourth-order valence-corrected chi connectivity index (χ4v) is 4.83. The summed E-state index contributed by atoms with van der Waals surface area (Å²) in [5.74, 6) is 1.02. The second kappa shape index (κ2) is 7.04. The summed E-state index contributed by atoms with van der Waals surface area (Å²) in [6.45, 7) is 2.36. The monoisotopic (exact) mass is 357 g/mol. The van der Waals surface area contributed by atoms with Gasteiger partial charge in [-0.25, -0.2) is 13.1 Å². The average Bonchev–Trinajstić information content (AvgIpc) is 3.21. The molecule has 0 N–H and O–H groups in total. The zero-order chi connectivity index (χ0) is 16.3. The van der Waals surface area contributed by atoms with Crippen molar-refractivity contribution >= 4 is 21.4 Å². The van der Waals surface area contributed by atoms with E-state index in [-0.39, 0.29) is 6.54 Å². The molecule has 1 aliphatic rings. The highest BCUT2D eigenvalue weighted by atomic mass is 32.2. The number of ether oxygens (including phenoxy) is 1. The molecule has 0 aromatic carbocycles. The average molecular weight is 357 g/mol. The van der Waals surface area contributed by atoms with Crippen molar-refractivity contribution in [3.8, 4) is 0 Å². The van der Waals surface area contributed by atoms with Gasteiger partial charge in [-0.1, -0.05) is 6.07 Å². The van der Waals surface area contributed by atoms with E-state index in [1.54, 1.807) is 29.2 Å². The molecule has 0 spiro atoms. The molecule has 0 bridgehead atoms. The van der Waals surface area contributed by atoms with E-state index in [0.29, 0.717) is 22.5 Å². The van der Waals surface area contributed by atoms with E-state index in [2.05, 4.69) is 15.5 Å². The van der Waals surface area contributed by atoms with E-state index in [4.69, 9.17) is 4.74 Å². The van der Waals surface area contributed by atoms with Gasteiger partial charge in [-0.2, -0.15) is 4.31 Å². The number of hydrogen-bond donors (Lipinski definition) is 0. The van der Waals surface area contributed by atoms with Crippen molar-refractivity contribution in [2.24, 2.45) is 5.92 Å². The fraction of sp³-hybridized carbons (Fsp3) is 0.615. The number of rotatable bonds is 6. The standard InChI is InChI=1S/C13H19N5O3S2/c1-17(23(19,20)13-3-2-8-22-13)10-12-14-15-16-18(12)9-11-4-6-21-7-5-11/h2-3,8,11H,4-7,9-10H2,1H3. The maximum Gasteiger partial charge on any atom is 0.252 e. The maximum atomic E-state index is 12.5. The highest BCUT2D eigenvalue weighted by molar-refractivity contribution is 7.91. The van der Waals surface area contributed by atoms with Gasteiger partial charge < -0.3 is 4.74 Å². The van der Waals surface area contributed by atoms with Crippen molar-refractivity contribution in [3.63, 3.8) is 0 Å². The van der Waals surface area contributed by atoms with Crippen molar-refractivity contribution in [2.75, 3.05) is 20.3 Å². The second-order valence-corrected chi connectivity index (χ2v) is 8.75. The Morgan fingerprint density at radius 2 is 2.22 bits per heavy atom. The van der Waals surface area contributed by atoms with Crippen LogP contribution in [0.3, 0.4) is 0 Å². The lowest BCUT2D eigenvalue weighted by atomic mass is 10.0. The molecule has 3 rings (SSSR count). The van der Waals surface area contributed by atoms with Crippen LogP contribution in [0.25, 0.3) is 0 Å². The molecule has 0 atom stereocenters. The summed E-state index contributed by atoms with van der Waals surface area (Å²) in [5, 5.41) is 13.4.